The van der Waals surface area contributed by atoms with Crippen molar-refractivity contribution in [2.45, 2.75) is 27.3 Å². The van der Waals surface area contributed by atoms with Crippen LogP contribution < -0.4 is 19.7 Å². The summed E-state index contributed by atoms with van der Waals surface area (Å²) in [5.74, 6) is -0.112. The third kappa shape index (κ3) is 3.19. The Morgan fingerprint density at radius 2 is 1.69 bits per heavy atom. The van der Waals surface area contributed by atoms with Crippen LogP contribution >= 0.6 is 35.3 Å². The van der Waals surface area contributed by atoms with Crippen molar-refractivity contribution >= 4 is 67.9 Å². The molecule has 2 aliphatic heterocycles. The van der Waals surface area contributed by atoms with Gasteiger partial charge in [-0.2, -0.15) is 0 Å². The van der Waals surface area contributed by atoms with E-state index in [1.165, 1.54) is 23.1 Å². The van der Waals surface area contributed by atoms with E-state index < -0.39 is 0 Å². The van der Waals surface area contributed by atoms with Gasteiger partial charge in [0.25, 0.3) is 11.5 Å². The lowest BCUT2D eigenvalue weighted by atomic mass is 10.1. The summed E-state index contributed by atoms with van der Waals surface area (Å²) in [4.78, 5) is 30.4. The Hall–Kier alpha value is -2.16. The van der Waals surface area contributed by atoms with E-state index in [1.807, 2.05) is 38.1 Å². The monoisotopic (exact) mass is 443 g/mol. The van der Waals surface area contributed by atoms with Crippen molar-refractivity contribution in [2.75, 3.05) is 18.0 Å². The molecule has 0 aliphatic carbocycles. The smallest absolute Gasteiger partial charge is 0.271 e. The number of para-hydroxylation sites is 1. The van der Waals surface area contributed by atoms with Gasteiger partial charge in [0.1, 0.15) is 18.4 Å². The van der Waals surface area contributed by atoms with Gasteiger partial charge in [0.05, 0.1) is 5.70 Å². The molecule has 0 spiro atoms. The fourth-order valence-electron chi connectivity index (χ4n) is 3.63. The van der Waals surface area contributed by atoms with Gasteiger partial charge in [0.15, 0.2) is 0 Å². The van der Waals surface area contributed by atoms with Crippen LogP contribution in [0.5, 0.6) is 0 Å². The number of hydrogen-bond donors (Lipinski definition) is 0. The number of anilines is 1. The van der Waals surface area contributed by atoms with Crippen LogP contribution in [0, 0.1) is 0 Å². The van der Waals surface area contributed by atoms with Crippen LogP contribution in [0.3, 0.4) is 0 Å². The summed E-state index contributed by atoms with van der Waals surface area (Å²) in [7, 11) is 0. The van der Waals surface area contributed by atoms with Crippen molar-refractivity contribution in [3.8, 4) is 0 Å². The Morgan fingerprint density at radius 1 is 0.966 bits per heavy atom. The number of amides is 1. The third-order valence-electron chi connectivity index (χ3n) is 5.05. The first-order valence-corrected chi connectivity index (χ1v) is 11.6. The molecule has 0 atom stereocenters. The van der Waals surface area contributed by atoms with E-state index in [4.69, 9.17) is 12.2 Å². The SMILES string of the molecule is CCN1C(=O)C(=c2sc(=C3C=Cc4ccccc4N3CC)c(=O)n2CC)SC1=S. The van der Waals surface area contributed by atoms with E-state index in [0.29, 0.717) is 31.5 Å². The Bertz CT molecular complexity index is 1220. The molecule has 5 nitrogen and oxygen atoms in total. The molecule has 0 N–H and O–H groups in total. The highest BCUT2D eigenvalue weighted by molar-refractivity contribution is 8.30. The maximum absolute atomic E-state index is 13.3. The minimum Gasteiger partial charge on any atom is -0.340 e. The van der Waals surface area contributed by atoms with Crippen LogP contribution in [0.4, 0.5) is 5.69 Å². The number of carbonyl (C=O) groups is 1. The standard InChI is InChI=1S/C21H21N3O2S3/c1-4-22-14-10-8-7-9-13(14)11-12-15(22)16-18(25)23(5-2)20(28-16)17-19(26)24(6-3)21(27)29-17/h7-12H,4-6H2,1-3H3. The van der Waals surface area contributed by atoms with Crippen molar-refractivity contribution in [2.24, 2.45) is 0 Å². The molecule has 1 saturated heterocycles. The summed E-state index contributed by atoms with van der Waals surface area (Å²) in [5.41, 5.74) is 3.03. The van der Waals surface area contributed by atoms with Gasteiger partial charge < -0.3 is 4.90 Å². The Balaban J connectivity index is 2.01. The number of hydrogen-bond acceptors (Lipinski definition) is 6. The molecular formula is C21H21N3O2S3. The first kappa shape index (κ1) is 20.1. The largest absolute Gasteiger partial charge is 0.340 e. The summed E-state index contributed by atoms with van der Waals surface area (Å²) in [5, 5.41) is 0. The fraction of sp³-hybridized carbons (Fsp3) is 0.286. The number of thiazole rings is 1. The molecule has 4 rings (SSSR count). The zero-order valence-corrected chi connectivity index (χ0v) is 18.9. The molecule has 0 unspecified atom stereocenters. The van der Waals surface area contributed by atoms with E-state index in [-0.39, 0.29) is 11.5 Å². The Kier molecular flexibility index (Phi) is 5.50. The molecule has 3 heterocycles. The molecule has 1 fully saturated rings. The van der Waals surface area contributed by atoms with Crippen molar-refractivity contribution in [1.29, 1.82) is 0 Å². The fourth-order valence-corrected chi connectivity index (χ4v) is 6.41. The molecule has 1 amide bonds. The van der Waals surface area contributed by atoms with Crippen LogP contribution in [0.1, 0.15) is 26.3 Å². The highest BCUT2D eigenvalue weighted by Crippen LogP contribution is 2.32. The quantitative estimate of drug-likeness (QED) is 0.683. The molecule has 0 bridgehead atoms. The maximum atomic E-state index is 13.3. The molecule has 150 valence electrons. The van der Waals surface area contributed by atoms with Crippen LogP contribution in [0.15, 0.2) is 35.1 Å². The number of rotatable bonds is 3. The van der Waals surface area contributed by atoms with Crippen molar-refractivity contribution < 1.29 is 4.79 Å². The van der Waals surface area contributed by atoms with E-state index >= 15 is 0 Å². The topological polar surface area (TPSA) is 45.6 Å². The van der Waals surface area contributed by atoms with Crippen LogP contribution in [0.25, 0.3) is 16.7 Å². The predicted octanol–water partition coefficient (Wildman–Crippen LogP) is 2.58. The summed E-state index contributed by atoms with van der Waals surface area (Å²) in [6.07, 6.45) is 4.04. The zero-order valence-electron chi connectivity index (χ0n) is 16.5. The first-order valence-electron chi connectivity index (χ1n) is 9.58. The normalized spacial score (nSPS) is 20.0. The summed E-state index contributed by atoms with van der Waals surface area (Å²) < 4.78 is 3.58. The number of thiocarbonyl (C=S) groups is 1. The first-order chi connectivity index (χ1) is 14.0. The van der Waals surface area contributed by atoms with E-state index in [0.717, 1.165) is 23.5 Å². The lowest BCUT2D eigenvalue weighted by molar-refractivity contribution is -0.120. The second-order valence-corrected chi connectivity index (χ2v) is 9.20. The number of thioether (sulfide) groups is 1. The van der Waals surface area contributed by atoms with Crippen LogP contribution in [0.2, 0.25) is 0 Å². The number of likely N-dealkylation sites (N-methyl/N-ethyl adjacent to an activating group) is 1. The molecular weight excluding hydrogens is 422 g/mol. The number of benzene rings is 1. The average molecular weight is 444 g/mol. The zero-order chi connectivity index (χ0) is 20.7. The van der Waals surface area contributed by atoms with Crippen LogP contribution in [-0.4, -0.2) is 32.8 Å². The molecule has 1 aromatic heterocycles. The van der Waals surface area contributed by atoms with Crippen molar-refractivity contribution in [1.82, 2.24) is 9.47 Å². The predicted molar refractivity (Wildman–Crippen MR) is 126 cm³/mol. The van der Waals surface area contributed by atoms with E-state index in [2.05, 4.69) is 24.0 Å². The molecule has 2 aliphatic rings. The molecule has 1 aromatic carbocycles. The second kappa shape index (κ2) is 7.93. The highest BCUT2D eigenvalue weighted by atomic mass is 32.2. The number of fused-ring (bicyclic) bond motifs is 1. The summed E-state index contributed by atoms with van der Waals surface area (Å²) in [6.45, 7) is 7.68. The average Bonchev–Trinajstić information content (AvgIpc) is 3.21. The number of nitrogens with zero attached hydrogens (tertiary/aromatic N) is 3. The van der Waals surface area contributed by atoms with Gasteiger partial charge in [-0.3, -0.25) is 19.1 Å². The minimum absolute atomic E-state index is 0.0632. The Labute approximate surface area is 182 Å². The van der Waals surface area contributed by atoms with Gasteiger partial charge in [-0.25, -0.2) is 0 Å². The van der Waals surface area contributed by atoms with E-state index in [9.17, 15) is 9.59 Å². The van der Waals surface area contributed by atoms with Gasteiger partial charge >= 0.3 is 0 Å². The summed E-state index contributed by atoms with van der Waals surface area (Å²) in [6, 6.07) is 8.15. The molecule has 2 aromatic rings. The van der Waals surface area contributed by atoms with Crippen molar-refractivity contribution in [3.05, 3.63) is 55.5 Å². The molecule has 29 heavy (non-hydrogen) atoms. The lowest BCUT2D eigenvalue weighted by Crippen LogP contribution is -2.36. The van der Waals surface area contributed by atoms with Crippen LogP contribution in [-0.2, 0) is 11.3 Å². The number of aromatic nitrogens is 1. The van der Waals surface area contributed by atoms with Gasteiger partial charge in [-0.1, -0.05) is 48.3 Å². The van der Waals surface area contributed by atoms with Gasteiger partial charge in [0, 0.05) is 25.3 Å². The molecule has 0 saturated carbocycles. The van der Waals surface area contributed by atoms with Gasteiger partial charge in [-0.15, -0.1) is 11.3 Å². The Morgan fingerprint density at radius 3 is 2.34 bits per heavy atom. The van der Waals surface area contributed by atoms with Gasteiger partial charge in [-0.05, 0) is 38.5 Å². The maximum Gasteiger partial charge on any atom is 0.271 e. The minimum atomic E-state index is -0.112. The molecule has 8 heteroatoms. The second-order valence-electron chi connectivity index (χ2n) is 6.55. The third-order valence-corrected chi connectivity index (χ3v) is 7.82. The number of carbonyl (C=O) groups excluding carboxylic acids is 1. The van der Waals surface area contributed by atoms with Gasteiger partial charge in [0.2, 0.25) is 0 Å². The van der Waals surface area contributed by atoms with Crippen molar-refractivity contribution in [3.63, 3.8) is 0 Å². The van der Waals surface area contributed by atoms with E-state index in [1.54, 1.807) is 9.47 Å². The molecule has 0 radical (unpaired) electrons. The lowest BCUT2D eigenvalue weighted by Gasteiger charge is -2.28. The highest BCUT2D eigenvalue weighted by Gasteiger charge is 2.33. The summed E-state index contributed by atoms with van der Waals surface area (Å²) >= 11 is 8.03.